The Morgan fingerprint density at radius 2 is 1.73 bits per heavy atom. The molecular weight excluding hydrogens is 350 g/mol. The second-order valence-electron chi connectivity index (χ2n) is 7.74. The van der Waals surface area contributed by atoms with Crippen LogP contribution in [0.25, 0.3) is 0 Å². The molecule has 0 atom stereocenters. The van der Waals surface area contributed by atoms with E-state index in [0.717, 1.165) is 38.5 Å². The molecule has 5 nitrogen and oxygen atoms in total. The van der Waals surface area contributed by atoms with E-state index in [0.29, 0.717) is 36.4 Å². The number of rotatable bonds is 5. The maximum atomic E-state index is 12.7. The van der Waals surface area contributed by atoms with E-state index in [4.69, 9.17) is 0 Å². The van der Waals surface area contributed by atoms with Gasteiger partial charge in [-0.2, -0.15) is 0 Å². The lowest BCUT2D eigenvalue weighted by molar-refractivity contribution is -0.0233. The van der Waals surface area contributed by atoms with Crippen LogP contribution < -0.4 is 0 Å². The third kappa shape index (κ3) is 3.96. The van der Waals surface area contributed by atoms with E-state index >= 15 is 0 Å². The first-order valence-corrected chi connectivity index (χ1v) is 11.3. The van der Waals surface area contributed by atoms with Gasteiger partial charge in [0.15, 0.2) is 9.84 Å². The van der Waals surface area contributed by atoms with Crippen molar-refractivity contribution in [3.63, 3.8) is 0 Å². The Balaban J connectivity index is 1.66. The molecule has 0 radical (unpaired) electrons. The highest BCUT2D eigenvalue weighted by molar-refractivity contribution is 7.92. The molecule has 1 heterocycles. The summed E-state index contributed by atoms with van der Waals surface area (Å²) in [7, 11) is -3.29. The van der Waals surface area contributed by atoms with E-state index in [2.05, 4.69) is 6.92 Å². The second kappa shape index (κ2) is 7.69. The van der Waals surface area contributed by atoms with Crippen molar-refractivity contribution in [2.24, 2.45) is 0 Å². The molecule has 1 aromatic rings. The van der Waals surface area contributed by atoms with Gasteiger partial charge in [-0.15, -0.1) is 0 Å². The smallest absolute Gasteiger partial charge is 0.253 e. The van der Waals surface area contributed by atoms with Gasteiger partial charge >= 0.3 is 0 Å². The Hall–Kier alpha value is -1.40. The third-order valence-electron chi connectivity index (χ3n) is 5.87. The number of likely N-dealkylation sites (tertiary alicyclic amines) is 1. The van der Waals surface area contributed by atoms with E-state index in [1.165, 1.54) is 0 Å². The molecule has 26 heavy (non-hydrogen) atoms. The second-order valence-corrected chi connectivity index (χ2v) is 9.97. The van der Waals surface area contributed by atoms with Gasteiger partial charge < -0.3 is 10.0 Å². The number of amides is 1. The molecule has 1 N–H and O–H groups in total. The van der Waals surface area contributed by atoms with Crippen LogP contribution in [-0.4, -0.2) is 48.3 Å². The number of carbonyl (C=O) groups excluding carboxylic acids is 1. The van der Waals surface area contributed by atoms with Crippen LogP contribution in [0.5, 0.6) is 0 Å². The van der Waals surface area contributed by atoms with E-state index in [1.807, 2.05) is 0 Å². The number of aliphatic hydroxyl groups is 1. The minimum absolute atomic E-state index is 0.0895. The first-order chi connectivity index (χ1) is 12.4. The fraction of sp³-hybridized carbons (Fsp3) is 0.650. The maximum Gasteiger partial charge on any atom is 0.253 e. The average Bonchev–Trinajstić information content (AvgIpc) is 3.17. The maximum absolute atomic E-state index is 12.7. The van der Waals surface area contributed by atoms with Gasteiger partial charge in [0.1, 0.15) is 0 Å². The Labute approximate surface area is 156 Å². The van der Waals surface area contributed by atoms with Crippen LogP contribution in [0.2, 0.25) is 0 Å². The summed E-state index contributed by atoms with van der Waals surface area (Å²) < 4.78 is 25.3. The number of hydrogen-bond acceptors (Lipinski definition) is 4. The quantitative estimate of drug-likeness (QED) is 0.853. The van der Waals surface area contributed by atoms with Gasteiger partial charge in [-0.1, -0.05) is 26.2 Å². The lowest BCUT2D eigenvalue weighted by Crippen LogP contribution is -2.46. The summed E-state index contributed by atoms with van der Waals surface area (Å²) in [4.78, 5) is 14.8. The van der Waals surface area contributed by atoms with Crippen molar-refractivity contribution in [2.45, 2.75) is 74.0 Å². The van der Waals surface area contributed by atoms with Crippen molar-refractivity contribution >= 4 is 15.7 Å². The van der Waals surface area contributed by atoms with Gasteiger partial charge in [0, 0.05) is 18.7 Å². The summed E-state index contributed by atoms with van der Waals surface area (Å²) in [6.07, 6.45) is 6.31. The fourth-order valence-electron chi connectivity index (χ4n) is 4.20. The zero-order valence-corrected chi connectivity index (χ0v) is 16.3. The monoisotopic (exact) mass is 379 g/mol. The fourth-order valence-corrected chi connectivity index (χ4v) is 6.06. The molecule has 0 bridgehead atoms. The largest absolute Gasteiger partial charge is 0.390 e. The molecule has 2 aliphatic rings. The summed E-state index contributed by atoms with van der Waals surface area (Å²) in [6.45, 7) is 3.13. The highest BCUT2D eigenvalue weighted by Crippen LogP contribution is 2.30. The molecule has 0 aromatic heterocycles. The van der Waals surface area contributed by atoms with Crippen molar-refractivity contribution in [1.82, 2.24) is 4.90 Å². The number of carbonyl (C=O) groups is 1. The van der Waals surface area contributed by atoms with Gasteiger partial charge in [0.2, 0.25) is 0 Å². The molecular formula is C20H29NO4S. The summed E-state index contributed by atoms with van der Waals surface area (Å²) in [5, 5.41) is 10.2. The summed E-state index contributed by atoms with van der Waals surface area (Å²) >= 11 is 0. The molecule has 144 valence electrons. The normalized spacial score (nSPS) is 21.1. The minimum atomic E-state index is -3.29. The van der Waals surface area contributed by atoms with Crippen LogP contribution in [0.3, 0.4) is 0 Å². The molecule has 1 aliphatic heterocycles. The van der Waals surface area contributed by atoms with Crippen LogP contribution in [0.15, 0.2) is 29.2 Å². The highest BCUT2D eigenvalue weighted by Gasteiger charge is 2.34. The Morgan fingerprint density at radius 1 is 1.15 bits per heavy atom. The molecule has 6 heteroatoms. The van der Waals surface area contributed by atoms with Crippen LogP contribution in [0, 0.1) is 0 Å². The number of piperidine rings is 1. The van der Waals surface area contributed by atoms with Crippen molar-refractivity contribution in [2.75, 3.05) is 13.1 Å². The molecule has 1 amide bonds. The first-order valence-electron chi connectivity index (χ1n) is 9.71. The topological polar surface area (TPSA) is 74.7 Å². The molecule has 1 saturated carbocycles. The Kier molecular flexibility index (Phi) is 5.72. The minimum Gasteiger partial charge on any atom is -0.390 e. The average molecular weight is 380 g/mol. The lowest BCUT2D eigenvalue weighted by Gasteiger charge is -2.38. The van der Waals surface area contributed by atoms with E-state index < -0.39 is 15.4 Å². The molecule has 2 fully saturated rings. The first kappa shape index (κ1) is 19.4. The SMILES string of the molecule is CCCC1(O)CCN(C(=O)c2ccc(S(=O)(=O)C3CCCC3)cc2)CC1. The van der Waals surface area contributed by atoms with E-state index in [-0.39, 0.29) is 11.2 Å². The Morgan fingerprint density at radius 3 is 2.27 bits per heavy atom. The zero-order chi connectivity index (χ0) is 18.8. The number of benzene rings is 1. The Bertz CT molecular complexity index is 728. The van der Waals surface area contributed by atoms with Crippen molar-refractivity contribution in [3.8, 4) is 0 Å². The van der Waals surface area contributed by atoms with Gasteiger partial charge in [-0.3, -0.25) is 4.79 Å². The lowest BCUT2D eigenvalue weighted by atomic mass is 9.87. The van der Waals surface area contributed by atoms with E-state index in [9.17, 15) is 18.3 Å². The van der Waals surface area contributed by atoms with Crippen LogP contribution in [0.1, 0.15) is 68.6 Å². The van der Waals surface area contributed by atoms with Gasteiger partial charge in [0.05, 0.1) is 15.7 Å². The van der Waals surface area contributed by atoms with Crippen molar-refractivity contribution in [3.05, 3.63) is 29.8 Å². The molecule has 1 aromatic carbocycles. The summed E-state index contributed by atoms with van der Waals surface area (Å²) in [6, 6.07) is 6.38. The molecule has 3 rings (SSSR count). The molecule has 0 unspecified atom stereocenters. The predicted octanol–water partition coefficient (Wildman–Crippen LogP) is 3.17. The number of nitrogens with zero attached hydrogens (tertiary/aromatic N) is 1. The van der Waals surface area contributed by atoms with Gasteiger partial charge in [-0.05, 0) is 56.4 Å². The predicted molar refractivity (Wildman–Crippen MR) is 101 cm³/mol. The van der Waals surface area contributed by atoms with Gasteiger partial charge in [0.25, 0.3) is 5.91 Å². The van der Waals surface area contributed by atoms with Crippen molar-refractivity contribution < 1.29 is 18.3 Å². The third-order valence-corrected chi connectivity index (χ3v) is 8.15. The van der Waals surface area contributed by atoms with Crippen LogP contribution >= 0.6 is 0 Å². The number of hydrogen-bond donors (Lipinski definition) is 1. The molecule has 1 aliphatic carbocycles. The van der Waals surface area contributed by atoms with Gasteiger partial charge in [-0.25, -0.2) is 8.42 Å². The molecule has 0 spiro atoms. The van der Waals surface area contributed by atoms with Crippen molar-refractivity contribution in [1.29, 1.82) is 0 Å². The van der Waals surface area contributed by atoms with Crippen LogP contribution in [-0.2, 0) is 9.84 Å². The number of sulfone groups is 1. The zero-order valence-electron chi connectivity index (χ0n) is 15.5. The summed E-state index contributed by atoms with van der Waals surface area (Å²) in [5.41, 5.74) is -0.138. The highest BCUT2D eigenvalue weighted by atomic mass is 32.2. The standard InChI is InChI=1S/C20H29NO4S/c1-2-11-20(23)12-14-21(15-13-20)19(22)16-7-9-18(10-8-16)26(24,25)17-5-3-4-6-17/h7-10,17,23H,2-6,11-15H2,1H3. The van der Waals surface area contributed by atoms with Crippen LogP contribution in [0.4, 0.5) is 0 Å². The molecule has 1 saturated heterocycles. The summed E-state index contributed by atoms with van der Waals surface area (Å²) in [5.74, 6) is -0.0895. The van der Waals surface area contributed by atoms with E-state index in [1.54, 1.807) is 29.2 Å².